The molecule has 0 spiro atoms. The van der Waals surface area contributed by atoms with Gasteiger partial charge in [-0.1, -0.05) is 30.1 Å². The van der Waals surface area contributed by atoms with E-state index in [1.807, 2.05) is 0 Å². The molecule has 0 aromatic carbocycles. The topological polar surface area (TPSA) is 57.6 Å². The fraction of sp³-hybridized carbons (Fsp3) is 0.286. The monoisotopic (exact) mass is 217 g/mol. The average Bonchev–Trinajstić information content (AvgIpc) is 2.28. The van der Waals surface area contributed by atoms with Gasteiger partial charge in [-0.25, -0.2) is 4.79 Å². The number of carbonyl (C=O) groups is 2. The Kier molecular flexibility index (Phi) is 3.05. The van der Waals surface area contributed by atoms with Crippen LogP contribution in [0.25, 0.3) is 0 Å². The minimum atomic E-state index is -1.31. The molecule has 13 heavy (non-hydrogen) atoms. The third-order valence-corrected chi connectivity index (χ3v) is 3.03. The van der Waals surface area contributed by atoms with E-state index < -0.39 is 17.3 Å². The van der Waals surface area contributed by atoms with Crippen molar-refractivity contribution in [2.45, 2.75) is 11.7 Å². The lowest BCUT2D eigenvalue weighted by Gasteiger charge is -2.07. The van der Waals surface area contributed by atoms with Crippen molar-refractivity contribution < 1.29 is 14.7 Å². The molecule has 1 fully saturated rings. The standard InChI is InChI=1S/C7H7NO3S2/c1-2-3-4-5(9)8(6(10)11)7(12)13-4/h2,4H,1,3H2,(H,10,11). The maximum atomic E-state index is 11.3. The number of hydrogen-bond acceptors (Lipinski definition) is 4. The van der Waals surface area contributed by atoms with Crippen LogP contribution < -0.4 is 0 Å². The van der Waals surface area contributed by atoms with Gasteiger partial charge in [-0.2, -0.15) is 4.90 Å². The molecule has 0 bridgehead atoms. The minimum absolute atomic E-state index is 0.101. The second-order valence-corrected chi connectivity index (χ2v) is 4.19. The second-order valence-electron chi connectivity index (χ2n) is 2.35. The highest BCUT2D eigenvalue weighted by atomic mass is 32.2. The summed E-state index contributed by atoms with van der Waals surface area (Å²) in [7, 11) is 0. The Bertz CT molecular complexity index is 289. The van der Waals surface area contributed by atoms with Gasteiger partial charge in [0, 0.05) is 0 Å². The van der Waals surface area contributed by atoms with Crippen LogP contribution >= 0.6 is 24.0 Å². The summed E-state index contributed by atoms with van der Waals surface area (Å²) in [6, 6.07) is 0. The zero-order chi connectivity index (χ0) is 10.0. The van der Waals surface area contributed by atoms with Gasteiger partial charge in [-0.05, 0) is 6.42 Å². The molecular weight excluding hydrogens is 210 g/mol. The van der Waals surface area contributed by atoms with E-state index in [2.05, 4.69) is 6.58 Å². The van der Waals surface area contributed by atoms with Crippen molar-refractivity contribution in [1.82, 2.24) is 4.90 Å². The second kappa shape index (κ2) is 3.89. The van der Waals surface area contributed by atoms with E-state index in [4.69, 9.17) is 17.3 Å². The molecule has 1 heterocycles. The number of allylic oxidation sites excluding steroid dienone is 1. The Labute approximate surface area is 84.6 Å². The summed E-state index contributed by atoms with van der Waals surface area (Å²) in [5.74, 6) is -0.470. The van der Waals surface area contributed by atoms with Gasteiger partial charge >= 0.3 is 6.09 Å². The lowest BCUT2D eigenvalue weighted by molar-refractivity contribution is -0.124. The number of carboxylic acid groups (broad SMARTS) is 1. The minimum Gasteiger partial charge on any atom is -0.464 e. The first-order valence-corrected chi connectivity index (χ1v) is 4.75. The van der Waals surface area contributed by atoms with Gasteiger partial charge in [0.25, 0.3) is 5.91 Å². The summed E-state index contributed by atoms with van der Waals surface area (Å²) in [6.07, 6.45) is 0.700. The van der Waals surface area contributed by atoms with Gasteiger partial charge in [0.05, 0.1) is 5.25 Å². The lowest BCUT2D eigenvalue weighted by atomic mass is 10.3. The number of hydrogen-bond donors (Lipinski definition) is 1. The lowest BCUT2D eigenvalue weighted by Crippen LogP contribution is -2.35. The molecule has 1 aliphatic rings. The molecule has 4 nitrogen and oxygen atoms in total. The smallest absolute Gasteiger partial charge is 0.419 e. The number of amides is 2. The van der Waals surface area contributed by atoms with Crippen LogP contribution in [-0.4, -0.2) is 31.6 Å². The molecule has 1 N–H and O–H groups in total. The third kappa shape index (κ3) is 1.89. The third-order valence-electron chi connectivity index (χ3n) is 1.49. The molecular formula is C7H7NO3S2. The summed E-state index contributed by atoms with van der Waals surface area (Å²) in [5.41, 5.74) is 0. The maximum absolute atomic E-state index is 11.3. The van der Waals surface area contributed by atoms with Crippen molar-refractivity contribution in [3.8, 4) is 0 Å². The predicted molar refractivity (Wildman–Crippen MR) is 53.7 cm³/mol. The molecule has 0 radical (unpaired) electrons. The van der Waals surface area contributed by atoms with Crippen molar-refractivity contribution in [2.24, 2.45) is 0 Å². The molecule has 0 aliphatic carbocycles. The van der Waals surface area contributed by atoms with Gasteiger partial charge in [0.15, 0.2) is 4.32 Å². The Morgan fingerprint density at radius 2 is 2.46 bits per heavy atom. The number of carbonyl (C=O) groups excluding carboxylic acids is 1. The largest absolute Gasteiger partial charge is 0.464 e. The first kappa shape index (κ1) is 10.2. The summed E-state index contributed by atoms with van der Waals surface area (Å²) in [5, 5.41) is 8.20. The van der Waals surface area contributed by atoms with Crippen LogP contribution in [0.3, 0.4) is 0 Å². The first-order chi connectivity index (χ1) is 6.07. The molecule has 0 aromatic rings. The zero-order valence-electron chi connectivity index (χ0n) is 6.60. The highest BCUT2D eigenvalue weighted by Gasteiger charge is 2.39. The molecule has 1 atom stereocenters. The van der Waals surface area contributed by atoms with E-state index >= 15 is 0 Å². The van der Waals surface area contributed by atoms with Crippen molar-refractivity contribution >= 4 is 40.3 Å². The van der Waals surface area contributed by atoms with Gasteiger partial charge < -0.3 is 5.11 Å². The Morgan fingerprint density at radius 1 is 1.85 bits per heavy atom. The van der Waals surface area contributed by atoms with Crippen LogP contribution in [0.15, 0.2) is 12.7 Å². The molecule has 2 amide bonds. The van der Waals surface area contributed by atoms with Crippen LogP contribution in [0, 0.1) is 0 Å². The fourth-order valence-electron chi connectivity index (χ4n) is 0.931. The highest BCUT2D eigenvalue weighted by Crippen LogP contribution is 2.29. The molecule has 1 rings (SSSR count). The molecule has 1 unspecified atom stereocenters. The Hall–Kier alpha value is -0.880. The quantitative estimate of drug-likeness (QED) is 0.560. The molecule has 70 valence electrons. The normalized spacial score (nSPS) is 22.2. The summed E-state index contributed by atoms with van der Waals surface area (Å²) >= 11 is 5.83. The van der Waals surface area contributed by atoms with E-state index in [1.54, 1.807) is 6.08 Å². The van der Waals surface area contributed by atoms with Crippen LogP contribution in [0.4, 0.5) is 4.79 Å². The number of imide groups is 1. The average molecular weight is 217 g/mol. The number of nitrogens with zero attached hydrogens (tertiary/aromatic N) is 1. The van der Waals surface area contributed by atoms with Crippen molar-refractivity contribution in [3.63, 3.8) is 0 Å². The number of thioether (sulfide) groups is 1. The van der Waals surface area contributed by atoms with Crippen molar-refractivity contribution in [3.05, 3.63) is 12.7 Å². The molecule has 0 aromatic heterocycles. The number of rotatable bonds is 2. The van der Waals surface area contributed by atoms with Gasteiger partial charge in [-0.15, -0.1) is 6.58 Å². The van der Waals surface area contributed by atoms with E-state index in [0.29, 0.717) is 11.3 Å². The van der Waals surface area contributed by atoms with E-state index in [-0.39, 0.29) is 4.32 Å². The summed E-state index contributed by atoms with van der Waals surface area (Å²) < 4.78 is 0.101. The van der Waals surface area contributed by atoms with Crippen molar-refractivity contribution in [1.29, 1.82) is 0 Å². The predicted octanol–water partition coefficient (Wildman–Crippen LogP) is 1.47. The van der Waals surface area contributed by atoms with Gasteiger partial charge in [0.2, 0.25) is 0 Å². The summed E-state index contributed by atoms with van der Waals surface area (Å²) in [6.45, 7) is 3.48. The fourth-order valence-corrected chi connectivity index (χ4v) is 2.40. The highest BCUT2D eigenvalue weighted by molar-refractivity contribution is 8.24. The molecule has 0 saturated carbocycles. The number of thiocarbonyl (C=S) groups is 1. The Morgan fingerprint density at radius 3 is 2.85 bits per heavy atom. The maximum Gasteiger partial charge on any atom is 0.419 e. The van der Waals surface area contributed by atoms with E-state index in [9.17, 15) is 9.59 Å². The van der Waals surface area contributed by atoms with Crippen LogP contribution in [0.1, 0.15) is 6.42 Å². The summed E-state index contributed by atoms with van der Waals surface area (Å²) in [4.78, 5) is 22.5. The van der Waals surface area contributed by atoms with Crippen molar-refractivity contribution in [2.75, 3.05) is 0 Å². The SMILES string of the molecule is C=CCC1SC(=S)N(C(=O)O)C1=O. The van der Waals surface area contributed by atoms with Crippen LogP contribution in [-0.2, 0) is 4.79 Å². The zero-order valence-corrected chi connectivity index (χ0v) is 8.23. The van der Waals surface area contributed by atoms with E-state index in [1.165, 1.54) is 0 Å². The van der Waals surface area contributed by atoms with Gasteiger partial charge in [0.1, 0.15) is 0 Å². The Balaban J connectivity index is 2.81. The van der Waals surface area contributed by atoms with E-state index in [0.717, 1.165) is 11.8 Å². The van der Waals surface area contributed by atoms with Crippen LogP contribution in [0.5, 0.6) is 0 Å². The molecule has 6 heteroatoms. The molecule has 1 saturated heterocycles. The first-order valence-electron chi connectivity index (χ1n) is 3.46. The van der Waals surface area contributed by atoms with Crippen LogP contribution in [0.2, 0.25) is 0 Å². The van der Waals surface area contributed by atoms with Gasteiger partial charge in [-0.3, -0.25) is 4.79 Å². The molecule has 1 aliphatic heterocycles.